The lowest BCUT2D eigenvalue weighted by Gasteiger charge is -2.26. The fraction of sp³-hybridized carbons (Fsp3) is 0.500. The van der Waals surface area contributed by atoms with E-state index in [0.717, 1.165) is 0 Å². The van der Waals surface area contributed by atoms with Crippen molar-refractivity contribution in [2.45, 2.75) is 19.6 Å². The molecule has 0 aliphatic carbocycles. The predicted molar refractivity (Wildman–Crippen MR) is 65.3 cm³/mol. The van der Waals surface area contributed by atoms with Gasteiger partial charge in [0.1, 0.15) is 0 Å². The number of hydrogen-bond acceptors (Lipinski definition) is 2. The van der Waals surface area contributed by atoms with Gasteiger partial charge < -0.3 is 4.43 Å². The van der Waals surface area contributed by atoms with Gasteiger partial charge in [-0.15, -0.1) is 0 Å². The van der Waals surface area contributed by atoms with Crippen LogP contribution in [0, 0.1) is 0 Å². The second-order valence-corrected chi connectivity index (χ2v) is 34.5. The largest absolute Gasteiger partial charge is 0.527 e. The van der Waals surface area contributed by atoms with Crippen LogP contribution < -0.4 is 0 Å². The Balaban J connectivity index is 4.29. The minimum atomic E-state index is -1.31. The molecule has 0 bridgehead atoms. The fourth-order valence-corrected chi connectivity index (χ4v) is 24.2. The second kappa shape index (κ2) is 5.68. The Hall–Kier alpha value is 0.0775. The molecule has 6 heteroatoms. The Morgan fingerprint density at radius 1 is 1.33 bits per heavy atom. The molecule has 2 nitrogen and oxygen atoms in total. The smallest absolute Gasteiger partial charge is 0.316 e. The van der Waals surface area contributed by atoms with Crippen molar-refractivity contribution in [3.8, 4) is 0 Å². The molecule has 0 aliphatic heterocycles. The first-order valence-corrected chi connectivity index (χ1v) is 17.6. The zero-order valence-electron chi connectivity index (χ0n) is 8.22. The molecule has 12 heavy (non-hydrogen) atoms. The molecule has 0 spiro atoms. The summed E-state index contributed by atoms with van der Waals surface area (Å²) >= 11 is 0. The maximum absolute atomic E-state index is 11.1. The molecule has 0 radical (unpaired) electrons. The van der Waals surface area contributed by atoms with Crippen molar-refractivity contribution < 1.29 is 9.22 Å². The number of carbonyl (C=O) groups is 1. The van der Waals surface area contributed by atoms with Crippen LogP contribution >= 0.6 is 0 Å². The first kappa shape index (κ1) is 12.1. The Morgan fingerprint density at radius 3 is 2.00 bits per heavy atom. The third-order valence-corrected chi connectivity index (χ3v) is 46.8. The standard InChI is InChI=1S/C6H18O2Si4/c1-5-6(7)8-12(9-2,10-3)11-4/h5H,1,9-11H2,2-4H3. The minimum Gasteiger partial charge on any atom is -0.527 e. The highest BCUT2D eigenvalue weighted by molar-refractivity contribution is 7.67. The van der Waals surface area contributed by atoms with Gasteiger partial charge in [-0.1, -0.05) is 26.2 Å². The van der Waals surface area contributed by atoms with Crippen molar-refractivity contribution >= 4 is 40.0 Å². The van der Waals surface area contributed by atoms with E-state index in [-0.39, 0.29) is 33.1 Å². The molecule has 0 amide bonds. The van der Waals surface area contributed by atoms with Crippen molar-refractivity contribution in [2.24, 2.45) is 0 Å². The molecule has 0 aromatic heterocycles. The third kappa shape index (κ3) is 3.21. The lowest BCUT2D eigenvalue weighted by molar-refractivity contribution is -0.129. The zero-order chi connectivity index (χ0) is 9.61. The molecule has 70 valence electrons. The van der Waals surface area contributed by atoms with Gasteiger partial charge in [0.25, 0.3) is 0 Å². The molecule has 0 heterocycles. The summed E-state index contributed by atoms with van der Waals surface area (Å²) in [4.78, 5) is 11.1. The van der Waals surface area contributed by atoms with Crippen molar-refractivity contribution in [3.63, 3.8) is 0 Å². The number of hydrogen-bond donors (Lipinski definition) is 0. The zero-order valence-corrected chi connectivity index (χ0v) is 13.5. The van der Waals surface area contributed by atoms with Gasteiger partial charge >= 0.3 is 5.97 Å². The first-order valence-electron chi connectivity index (χ1n) is 4.49. The van der Waals surface area contributed by atoms with Gasteiger partial charge in [0.2, 0.25) is 0 Å². The van der Waals surface area contributed by atoms with Crippen molar-refractivity contribution in [1.29, 1.82) is 0 Å². The summed E-state index contributed by atoms with van der Waals surface area (Å²) in [6, 6.07) is 0. The lowest BCUT2D eigenvalue weighted by Crippen LogP contribution is -2.56. The van der Waals surface area contributed by atoms with Crippen LogP contribution in [0.5, 0.6) is 0 Å². The summed E-state index contributed by atoms with van der Waals surface area (Å²) in [6.07, 6.45) is 1.32. The van der Waals surface area contributed by atoms with Crippen molar-refractivity contribution in [2.75, 3.05) is 0 Å². The lowest BCUT2D eigenvalue weighted by atomic mass is 10.7. The van der Waals surface area contributed by atoms with Gasteiger partial charge in [-0.2, -0.15) is 0 Å². The van der Waals surface area contributed by atoms with Crippen LogP contribution in [-0.4, -0.2) is 40.0 Å². The molecule has 0 N–H and O–H groups in total. The summed E-state index contributed by atoms with van der Waals surface area (Å²) in [5.74, 6) is -0.153. The predicted octanol–water partition coefficient (Wildman–Crippen LogP) is -1.20. The molecule has 0 aliphatic rings. The summed E-state index contributed by atoms with van der Waals surface area (Å²) < 4.78 is 5.60. The highest BCUT2D eigenvalue weighted by Gasteiger charge is 2.31. The van der Waals surface area contributed by atoms with E-state index in [1.807, 2.05) is 0 Å². The van der Waals surface area contributed by atoms with E-state index < -0.39 is 6.87 Å². The van der Waals surface area contributed by atoms with Gasteiger partial charge in [-0.25, -0.2) is 4.79 Å². The topological polar surface area (TPSA) is 26.3 Å². The average molecular weight is 235 g/mol. The Kier molecular flexibility index (Phi) is 5.71. The molecule has 0 unspecified atom stereocenters. The molecule has 0 saturated carbocycles. The monoisotopic (exact) mass is 234 g/mol. The normalized spacial score (nSPS) is 17.9. The Morgan fingerprint density at radius 2 is 1.75 bits per heavy atom. The molecule has 0 atom stereocenters. The highest BCUT2D eigenvalue weighted by Crippen LogP contribution is 2.01. The summed E-state index contributed by atoms with van der Waals surface area (Å²) in [7, 11) is -0.179. The highest BCUT2D eigenvalue weighted by atomic mass is 29.9. The van der Waals surface area contributed by atoms with Crippen LogP contribution in [0.25, 0.3) is 0 Å². The SMILES string of the molecule is C=CC(=O)O[Si]([SiH2]C)([SiH2]C)[SiH2]C. The van der Waals surface area contributed by atoms with Crippen LogP contribution in [-0.2, 0) is 9.22 Å². The summed E-state index contributed by atoms with van der Waals surface area (Å²) in [5.41, 5.74) is 0. The molecule has 0 aromatic carbocycles. The summed E-state index contributed by atoms with van der Waals surface area (Å²) in [6.45, 7) is 9.04. The van der Waals surface area contributed by atoms with Gasteiger partial charge in [0.15, 0.2) is 6.87 Å². The fourth-order valence-electron chi connectivity index (χ4n) is 1.22. The van der Waals surface area contributed by atoms with Gasteiger partial charge in [-0.3, -0.25) is 0 Å². The van der Waals surface area contributed by atoms with Crippen molar-refractivity contribution in [1.82, 2.24) is 0 Å². The van der Waals surface area contributed by atoms with E-state index in [2.05, 4.69) is 26.2 Å². The first-order chi connectivity index (χ1) is 5.64. The third-order valence-electron chi connectivity index (χ3n) is 2.42. The Bertz CT molecular complexity index is 159. The maximum Gasteiger partial charge on any atom is 0.316 e. The molecule has 0 aromatic rings. The van der Waals surface area contributed by atoms with E-state index >= 15 is 0 Å². The average Bonchev–Trinajstić information content (AvgIpc) is 2.14. The quantitative estimate of drug-likeness (QED) is 0.441. The van der Waals surface area contributed by atoms with Crippen LogP contribution in [0.15, 0.2) is 12.7 Å². The summed E-state index contributed by atoms with van der Waals surface area (Å²) in [5, 5.41) is 0. The number of carbonyl (C=O) groups excluding carboxylic acids is 1. The second-order valence-electron chi connectivity index (χ2n) is 2.87. The molecule has 0 rings (SSSR count). The maximum atomic E-state index is 11.1. The van der Waals surface area contributed by atoms with Crippen molar-refractivity contribution in [3.05, 3.63) is 12.7 Å². The van der Waals surface area contributed by atoms with Gasteiger partial charge in [-0.05, 0) is 0 Å². The van der Waals surface area contributed by atoms with Crippen LogP contribution in [0.2, 0.25) is 19.6 Å². The van der Waals surface area contributed by atoms with E-state index in [4.69, 9.17) is 4.43 Å². The Labute approximate surface area is 81.7 Å². The van der Waals surface area contributed by atoms with Gasteiger partial charge in [0, 0.05) is 6.08 Å². The van der Waals surface area contributed by atoms with E-state index in [9.17, 15) is 4.79 Å². The van der Waals surface area contributed by atoms with Gasteiger partial charge in [0.05, 0.1) is 27.1 Å². The van der Waals surface area contributed by atoms with Crippen LogP contribution in [0.1, 0.15) is 0 Å². The van der Waals surface area contributed by atoms with Crippen LogP contribution in [0.3, 0.4) is 0 Å². The van der Waals surface area contributed by atoms with E-state index in [1.54, 1.807) is 0 Å². The molecule has 0 saturated heterocycles. The molecular weight excluding hydrogens is 216 g/mol. The molecule has 0 fully saturated rings. The number of rotatable bonds is 5. The van der Waals surface area contributed by atoms with Crippen LogP contribution in [0.4, 0.5) is 0 Å². The minimum absolute atomic E-state index is 0.0595. The van der Waals surface area contributed by atoms with E-state index in [0.29, 0.717) is 0 Å². The molecular formula is C6H18O2Si4. The van der Waals surface area contributed by atoms with E-state index in [1.165, 1.54) is 6.08 Å².